The van der Waals surface area contributed by atoms with Gasteiger partial charge in [0, 0.05) is 29.3 Å². The van der Waals surface area contributed by atoms with Gasteiger partial charge >= 0.3 is 0 Å². The van der Waals surface area contributed by atoms with E-state index in [0.29, 0.717) is 12.6 Å². The second kappa shape index (κ2) is 6.12. The fraction of sp³-hybridized carbons (Fsp3) is 0.438. The number of Topliss-reactive ketones (excluding diaryl/α,β-unsaturated/α-hetero) is 1. The second-order valence-electron chi connectivity index (χ2n) is 5.82. The molecular weight excluding hydrogens is 382 g/mol. The number of nitrogens with zero attached hydrogens (tertiary/aromatic N) is 1. The summed E-state index contributed by atoms with van der Waals surface area (Å²) in [5, 5.41) is 0. The van der Waals surface area contributed by atoms with Crippen LogP contribution >= 0.6 is 15.9 Å². The van der Waals surface area contributed by atoms with Crippen LogP contribution in [0.1, 0.15) is 29.6 Å². The molecule has 2 aliphatic rings. The van der Waals surface area contributed by atoms with Crippen LogP contribution in [-0.4, -0.2) is 35.9 Å². The molecule has 2 unspecified atom stereocenters. The van der Waals surface area contributed by atoms with Crippen molar-refractivity contribution in [1.82, 2.24) is 0 Å². The van der Waals surface area contributed by atoms with E-state index in [2.05, 4.69) is 22.5 Å². The van der Waals surface area contributed by atoms with Crippen molar-refractivity contribution in [1.29, 1.82) is 0 Å². The zero-order valence-electron chi connectivity index (χ0n) is 11.4. The van der Waals surface area contributed by atoms with Gasteiger partial charge in [0.25, 0.3) is 0 Å². The Kier molecular flexibility index (Phi) is 4.88. The van der Waals surface area contributed by atoms with Crippen LogP contribution in [0.2, 0.25) is 0 Å². The Balaban J connectivity index is 0.00000147. The molecule has 20 heavy (non-hydrogen) atoms. The molecule has 2 atom stereocenters. The number of ketones is 1. The monoisotopic (exact) mass is 399 g/mol. The fourth-order valence-corrected chi connectivity index (χ4v) is 3.97. The van der Waals surface area contributed by atoms with Crippen LogP contribution in [0.5, 0.6) is 0 Å². The van der Waals surface area contributed by atoms with Crippen LogP contribution in [0, 0.1) is 0 Å². The average molecular weight is 401 g/mol. The molecule has 0 radical (unpaired) electrons. The van der Waals surface area contributed by atoms with Gasteiger partial charge in [-0.2, -0.15) is 0 Å². The van der Waals surface area contributed by atoms with E-state index in [1.807, 2.05) is 24.3 Å². The maximum absolute atomic E-state index is 12.5. The molecule has 1 aromatic rings. The molecular formula is C16H19Br2NO. The molecule has 2 fully saturated rings. The van der Waals surface area contributed by atoms with Crippen molar-refractivity contribution in [3.63, 3.8) is 0 Å². The zero-order valence-corrected chi connectivity index (χ0v) is 14.6. The van der Waals surface area contributed by atoms with E-state index in [1.165, 1.54) is 18.4 Å². The van der Waals surface area contributed by atoms with Gasteiger partial charge < -0.3 is 21.5 Å². The SMILES string of the molecule is C=C1CC[N+]2(CC(=O)c3ccc(Br)cc3)CCCC12.[Br-]. The lowest BCUT2D eigenvalue weighted by atomic mass is 10.1. The number of quaternary nitrogens is 1. The molecule has 2 nitrogen and oxygen atoms in total. The van der Waals surface area contributed by atoms with Gasteiger partial charge in [-0.15, -0.1) is 0 Å². The first-order valence-corrected chi connectivity index (χ1v) is 7.72. The summed E-state index contributed by atoms with van der Waals surface area (Å²) >= 11 is 3.41. The van der Waals surface area contributed by atoms with Crippen molar-refractivity contribution >= 4 is 21.7 Å². The van der Waals surface area contributed by atoms with E-state index in [-0.39, 0.29) is 22.8 Å². The summed E-state index contributed by atoms with van der Waals surface area (Å²) < 4.78 is 1.98. The molecule has 0 N–H and O–H groups in total. The molecule has 2 saturated heterocycles. The van der Waals surface area contributed by atoms with Crippen molar-refractivity contribution in [3.8, 4) is 0 Å². The normalized spacial score (nSPS) is 28.1. The molecule has 2 aliphatic heterocycles. The average Bonchev–Trinajstić information content (AvgIpc) is 2.92. The highest BCUT2D eigenvalue weighted by Crippen LogP contribution is 2.39. The van der Waals surface area contributed by atoms with Crippen LogP contribution in [0.25, 0.3) is 0 Å². The largest absolute Gasteiger partial charge is 1.00 e. The first-order valence-electron chi connectivity index (χ1n) is 6.93. The summed E-state index contributed by atoms with van der Waals surface area (Å²) in [6.07, 6.45) is 3.54. The third-order valence-electron chi connectivity index (χ3n) is 4.72. The summed E-state index contributed by atoms with van der Waals surface area (Å²) in [7, 11) is 0. The number of rotatable bonds is 3. The minimum absolute atomic E-state index is 0. The lowest BCUT2D eigenvalue weighted by Crippen LogP contribution is -3.00. The number of carbonyl (C=O) groups excluding carboxylic acids is 1. The highest BCUT2D eigenvalue weighted by atomic mass is 79.9. The molecule has 108 valence electrons. The first kappa shape index (κ1) is 15.9. The first-order chi connectivity index (χ1) is 9.11. The Morgan fingerprint density at radius 3 is 2.70 bits per heavy atom. The Morgan fingerprint density at radius 2 is 2.00 bits per heavy atom. The maximum atomic E-state index is 12.5. The molecule has 0 saturated carbocycles. The molecule has 1 aromatic carbocycles. The molecule has 0 aromatic heterocycles. The lowest BCUT2D eigenvalue weighted by Gasteiger charge is -2.34. The van der Waals surface area contributed by atoms with E-state index in [1.54, 1.807) is 0 Å². The molecule has 0 spiro atoms. The van der Waals surface area contributed by atoms with Gasteiger partial charge in [-0.05, 0) is 17.7 Å². The third-order valence-corrected chi connectivity index (χ3v) is 5.25. The van der Waals surface area contributed by atoms with Crippen LogP contribution in [-0.2, 0) is 0 Å². The number of halogens is 2. The number of hydrogen-bond acceptors (Lipinski definition) is 1. The van der Waals surface area contributed by atoms with Gasteiger partial charge in [0.05, 0.1) is 13.1 Å². The van der Waals surface area contributed by atoms with Crippen molar-refractivity contribution < 1.29 is 26.3 Å². The van der Waals surface area contributed by atoms with Gasteiger partial charge in [0.2, 0.25) is 5.78 Å². The molecule has 4 heteroatoms. The number of carbonyl (C=O) groups is 1. The van der Waals surface area contributed by atoms with Gasteiger partial charge in [-0.25, -0.2) is 0 Å². The highest BCUT2D eigenvalue weighted by Gasteiger charge is 2.48. The quantitative estimate of drug-likeness (QED) is 0.412. The number of benzene rings is 1. The lowest BCUT2D eigenvalue weighted by molar-refractivity contribution is -0.916. The van der Waals surface area contributed by atoms with Crippen molar-refractivity contribution in [3.05, 3.63) is 46.5 Å². The Bertz CT molecular complexity index is 526. The second-order valence-corrected chi connectivity index (χ2v) is 6.74. The van der Waals surface area contributed by atoms with E-state index in [4.69, 9.17) is 0 Å². The predicted octanol–water partition coefficient (Wildman–Crippen LogP) is 0.575. The summed E-state index contributed by atoms with van der Waals surface area (Å²) in [4.78, 5) is 12.5. The molecule has 2 heterocycles. The van der Waals surface area contributed by atoms with Gasteiger partial charge in [0.1, 0.15) is 12.6 Å². The van der Waals surface area contributed by atoms with E-state index in [9.17, 15) is 4.79 Å². The number of fused-ring (bicyclic) bond motifs is 1. The summed E-state index contributed by atoms with van der Waals surface area (Å²) in [5.74, 6) is 0.272. The molecule has 0 aliphatic carbocycles. The van der Waals surface area contributed by atoms with Crippen molar-refractivity contribution in [2.45, 2.75) is 25.3 Å². The van der Waals surface area contributed by atoms with Gasteiger partial charge in [-0.1, -0.05) is 34.6 Å². The van der Waals surface area contributed by atoms with Crippen LogP contribution < -0.4 is 17.0 Å². The summed E-state index contributed by atoms with van der Waals surface area (Å²) in [5.41, 5.74) is 2.19. The van der Waals surface area contributed by atoms with E-state index >= 15 is 0 Å². The minimum Gasteiger partial charge on any atom is -1.00 e. The maximum Gasteiger partial charge on any atom is 0.216 e. The van der Waals surface area contributed by atoms with Crippen molar-refractivity contribution in [2.24, 2.45) is 0 Å². The smallest absolute Gasteiger partial charge is 0.216 e. The summed E-state index contributed by atoms with van der Waals surface area (Å²) in [6, 6.07) is 8.26. The van der Waals surface area contributed by atoms with Gasteiger partial charge in [-0.3, -0.25) is 4.79 Å². The summed E-state index contributed by atoms with van der Waals surface area (Å²) in [6.45, 7) is 7.09. The molecule has 0 bridgehead atoms. The molecule has 3 rings (SSSR count). The zero-order chi connectivity index (χ0) is 13.5. The Hall–Kier alpha value is -0.450. The number of hydrogen-bond donors (Lipinski definition) is 0. The molecule has 0 amide bonds. The van der Waals surface area contributed by atoms with Crippen LogP contribution in [0.15, 0.2) is 40.9 Å². The van der Waals surface area contributed by atoms with E-state index in [0.717, 1.165) is 34.0 Å². The Labute approximate surface area is 139 Å². The standard InChI is InChI=1S/C16H19BrNO.BrH/c1-12-8-10-18(9-2-3-15(12)18)11-16(19)13-4-6-14(17)7-5-13;/h4-7,15H,1-3,8-11H2;1H/q+1;/p-1. The minimum atomic E-state index is 0. The van der Waals surface area contributed by atoms with E-state index < -0.39 is 0 Å². The highest BCUT2D eigenvalue weighted by molar-refractivity contribution is 9.10. The van der Waals surface area contributed by atoms with Crippen LogP contribution in [0.4, 0.5) is 0 Å². The fourth-order valence-electron chi connectivity index (χ4n) is 3.70. The predicted molar refractivity (Wildman–Crippen MR) is 80.1 cm³/mol. The topological polar surface area (TPSA) is 17.1 Å². The third kappa shape index (κ3) is 2.78. The Morgan fingerprint density at radius 1 is 1.30 bits per heavy atom. The van der Waals surface area contributed by atoms with Gasteiger partial charge in [0.15, 0.2) is 0 Å². The van der Waals surface area contributed by atoms with Crippen molar-refractivity contribution in [2.75, 3.05) is 19.6 Å². The van der Waals surface area contributed by atoms with Crippen LogP contribution in [0.3, 0.4) is 0 Å².